The smallest absolute Gasteiger partial charge is 0.330 e. The average molecular weight is 439 g/mol. The number of unbranched alkanes of at least 4 members (excludes halogenated alkanes) is 12. The van der Waals surface area contributed by atoms with Crippen LogP contribution in [0.15, 0.2) is 25.3 Å². The number of carbonyl (C=O) groups excluding carboxylic acids is 2. The maximum absolute atomic E-state index is 10.8. The second kappa shape index (κ2) is 24.7. The molecule has 4 heteroatoms. The predicted molar refractivity (Wildman–Crippen MR) is 132 cm³/mol. The molecule has 0 spiro atoms. The van der Waals surface area contributed by atoms with E-state index >= 15 is 0 Å². The van der Waals surface area contributed by atoms with Crippen LogP contribution < -0.4 is 0 Å². The minimum atomic E-state index is -0.361. The zero-order valence-corrected chi connectivity index (χ0v) is 21.0. The van der Waals surface area contributed by atoms with E-state index in [0.717, 1.165) is 18.4 Å². The Balaban J connectivity index is 0. The summed E-state index contributed by atoms with van der Waals surface area (Å²) in [6, 6.07) is 0. The van der Waals surface area contributed by atoms with Crippen LogP contribution in [0.3, 0.4) is 0 Å². The molecule has 0 radical (unpaired) electrons. The van der Waals surface area contributed by atoms with Crippen LogP contribution in [0, 0.1) is 5.92 Å². The summed E-state index contributed by atoms with van der Waals surface area (Å²) in [5, 5.41) is 0. The fourth-order valence-corrected chi connectivity index (χ4v) is 3.11. The lowest BCUT2D eigenvalue weighted by Gasteiger charge is -2.05. The molecule has 0 aliphatic carbocycles. The van der Waals surface area contributed by atoms with Gasteiger partial charge in [-0.25, -0.2) is 9.59 Å². The summed E-state index contributed by atoms with van der Waals surface area (Å²) in [6.45, 7) is 15.4. The fraction of sp³-hybridized carbons (Fsp3) is 0.778. The van der Waals surface area contributed by atoms with Gasteiger partial charge in [0.1, 0.15) is 0 Å². The van der Waals surface area contributed by atoms with Gasteiger partial charge in [0, 0.05) is 12.2 Å². The molecule has 0 N–H and O–H groups in total. The fourth-order valence-electron chi connectivity index (χ4n) is 3.11. The van der Waals surface area contributed by atoms with Gasteiger partial charge in [0.05, 0.1) is 12.7 Å². The van der Waals surface area contributed by atoms with E-state index in [2.05, 4.69) is 31.7 Å². The van der Waals surface area contributed by atoms with Crippen molar-refractivity contribution in [1.29, 1.82) is 0 Å². The van der Waals surface area contributed by atoms with Crippen molar-refractivity contribution >= 4 is 11.9 Å². The van der Waals surface area contributed by atoms with Gasteiger partial charge < -0.3 is 9.47 Å². The molecule has 0 aliphatic heterocycles. The van der Waals surface area contributed by atoms with Crippen molar-refractivity contribution in [1.82, 2.24) is 0 Å². The number of esters is 2. The van der Waals surface area contributed by atoms with Crippen LogP contribution >= 0.6 is 0 Å². The Kier molecular flexibility index (Phi) is 25.2. The monoisotopic (exact) mass is 438 g/mol. The van der Waals surface area contributed by atoms with Crippen molar-refractivity contribution in [3.05, 3.63) is 25.3 Å². The summed E-state index contributed by atoms with van der Waals surface area (Å²) in [5.41, 5.74) is 0. The van der Waals surface area contributed by atoms with Crippen molar-refractivity contribution in [2.45, 2.75) is 124 Å². The summed E-state index contributed by atoms with van der Waals surface area (Å²) in [5.74, 6) is 0.210. The maximum Gasteiger partial charge on any atom is 0.330 e. The number of ether oxygens (including phenoxy) is 2. The van der Waals surface area contributed by atoms with Crippen LogP contribution in [0.1, 0.15) is 118 Å². The second-order valence-corrected chi connectivity index (χ2v) is 8.84. The summed E-state index contributed by atoms with van der Waals surface area (Å²) < 4.78 is 9.60. The van der Waals surface area contributed by atoms with E-state index in [0.29, 0.717) is 6.61 Å². The SMILES string of the molecule is C=CC(=O)OC(C)C.C=CC(=O)OCCCCCCCCCCCCCCCC(C)C. The topological polar surface area (TPSA) is 52.6 Å². The van der Waals surface area contributed by atoms with Gasteiger partial charge in [-0.3, -0.25) is 0 Å². The van der Waals surface area contributed by atoms with E-state index in [9.17, 15) is 9.59 Å². The van der Waals surface area contributed by atoms with Gasteiger partial charge in [0.2, 0.25) is 0 Å². The number of hydrogen-bond acceptors (Lipinski definition) is 4. The lowest BCUT2D eigenvalue weighted by Crippen LogP contribution is -2.07. The van der Waals surface area contributed by atoms with Crippen LogP contribution in [0.2, 0.25) is 0 Å². The number of rotatable bonds is 19. The first-order valence-corrected chi connectivity index (χ1v) is 12.5. The number of carbonyl (C=O) groups is 2. The molecule has 0 atom stereocenters. The van der Waals surface area contributed by atoms with Crippen LogP contribution in [-0.2, 0) is 19.1 Å². The first kappa shape index (κ1) is 31.6. The Morgan fingerprint density at radius 3 is 1.35 bits per heavy atom. The van der Waals surface area contributed by atoms with Crippen molar-refractivity contribution in [2.24, 2.45) is 5.92 Å². The van der Waals surface area contributed by atoms with Gasteiger partial charge in [-0.2, -0.15) is 0 Å². The minimum Gasteiger partial charge on any atom is -0.463 e. The molecule has 0 saturated carbocycles. The quantitative estimate of drug-likeness (QED) is 0.117. The third kappa shape index (κ3) is 30.7. The molecule has 0 unspecified atom stereocenters. The summed E-state index contributed by atoms with van der Waals surface area (Å²) in [6.07, 6.45) is 21.2. The van der Waals surface area contributed by atoms with Crippen molar-refractivity contribution in [3.8, 4) is 0 Å². The molecule has 0 heterocycles. The first-order valence-electron chi connectivity index (χ1n) is 12.5. The Labute approximate surface area is 192 Å². The van der Waals surface area contributed by atoms with E-state index < -0.39 is 0 Å². The molecule has 0 aromatic carbocycles. The average Bonchev–Trinajstić information content (AvgIpc) is 2.72. The zero-order valence-electron chi connectivity index (χ0n) is 21.0. The van der Waals surface area contributed by atoms with Crippen LogP contribution in [0.4, 0.5) is 0 Å². The molecule has 0 aromatic rings. The highest BCUT2D eigenvalue weighted by Gasteiger charge is 1.98. The van der Waals surface area contributed by atoms with Crippen molar-refractivity contribution in [3.63, 3.8) is 0 Å². The summed E-state index contributed by atoms with van der Waals surface area (Å²) in [4.78, 5) is 21.1. The summed E-state index contributed by atoms with van der Waals surface area (Å²) >= 11 is 0. The van der Waals surface area contributed by atoms with Gasteiger partial charge in [-0.15, -0.1) is 0 Å². The Morgan fingerprint density at radius 1 is 0.645 bits per heavy atom. The van der Waals surface area contributed by atoms with Gasteiger partial charge in [-0.1, -0.05) is 110 Å². The van der Waals surface area contributed by atoms with Crippen molar-refractivity contribution in [2.75, 3.05) is 6.61 Å². The van der Waals surface area contributed by atoms with E-state index in [4.69, 9.17) is 4.74 Å². The summed E-state index contributed by atoms with van der Waals surface area (Å²) in [7, 11) is 0. The molecule has 182 valence electrons. The van der Waals surface area contributed by atoms with E-state index in [1.165, 1.54) is 89.5 Å². The van der Waals surface area contributed by atoms with Gasteiger partial charge in [-0.05, 0) is 26.2 Å². The Hall–Kier alpha value is -1.58. The van der Waals surface area contributed by atoms with Crippen LogP contribution in [0.5, 0.6) is 0 Å². The Morgan fingerprint density at radius 2 is 1.03 bits per heavy atom. The molecule has 4 nitrogen and oxygen atoms in total. The highest BCUT2D eigenvalue weighted by atomic mass is 16.5. The predicted octanol–water partition coefficient (Wildman–Crippen LogP) is 7.96. The van der Waals surface area contributed by atoms with E-state index in [-0.39, 0.29) is 18.0 Å². The maximum atomic E-state index is 10.8. The lowest BCUT2D eigenvalue weighted by atomic mass is 10.0. The molecule has 0 fully saturated rings. The molecule has 0 aromatic heterocycles. The van der Waals surface area contributed by atoms with Crippen LogP contribution in [-0.4, -0.2) is 24.6 Å². The molecule has 31 heavy (non-hydrogen) atoms. The largest absolute Gasteiger partial charge is 0.463 e. The highest BCUT2D eigenvalue weighted by Crippen LogP contribution is 2.14. The zero-order chi connectivity index (χ0) is 23.7. The van der Waals surface area contributed by atoms with Crippen molar-refractivity contribution < 1.29 is 19.1 Å². The third-order valence-electron chi connectivity index (χ3n) is 4.86. The molecule has 0 amide bonds. The third-order valence-corrected chi connectivity index (χ3v) is 4.86. The van der Waals surface area contributed by atoms with Gasteiger partial charge in [0.15, 0.2) is 0 Å². The normalized spacial score (nSPS) is 10.4. The molecular formula is C27H50O4. The molecule has 0 aliphatic rings. The molecule has 0 bridgehead atoms. The highest BCUT2D eigenvalue weighted by molar-refractivity contribution is 5.81. The first-order chi connectivity index (χ1) is 14.8. The van der Waals surface area contributed by atoms with Crippen LogP contribution in [0.25, 0.3) is 0 Å². The molecule has 0 rings (SSSR count). The molecule has 0 saturated heterocycles. The minimum absolute atomic E-state index is 0.0412. The molecular weight excluding hydrogens is 388 g/mol. The number of hydrogen-bond donors (Lipinski definition) is 0. The van der Waals surface area contributed by atoms with Gasteiger partial charge >= 0.3 is 11.9 Å². The second-order valence-electron chi connectivity index (χ2n) is 8.84. The van der Waals surface area contributed by atoms with E-state index in [1.54, 1.807) is 13.8 Å². The lowest BCUT2D eigenvalue weighted by molar-refractivity contribution is -0.141. The van der Waals surface area contributed by atoms with Gasteiger partial charge in [0.25, 0.3) is 0 Å². The van der Waals surface area contributed by atoms with E-state index in [1.807, 2.05) is 0 Å². The Bertz CT molecular complexity index is 441. The standard InChI is InChI=1S/C21H40O2.C6H10O2/c1-4-21(22)23-19-17-15-13-11-9-7-5-6-8-10-12-14-16-18-20(2)3;1-4-6(7)8-5(2)3/h4,20H,1,5-19H2,2-3H3;4-5H,1H2,2-3H3.